The van der Waals surface area contributed by atoms with Gasteiger partial charge in [0.1, 0.15) is 11.4 Å². The lowest BCUT2D eigenvalue weighted by molar-refractivity contribution is -0.117. The first-order chi connectivity index (χ1) is 9.50. The maximum absolute atomic E-state index is 6.15. The second-order valence-electron chi connectivity index (χ2n) is 5.63. The summed E-state index contributed by atoms with van der Waals surface area (Å²) >= 11 is 0. The van der Waals surface area contributed by atoms with Crippen molar-refractivity contribution in [3.63, 3.8) is 0 Å². The van der Waals surface area contributed by atoms with E-state index in [0.29, 0.717) is 37.4 Å². The topological polar surface area (TPSA) is 70.3 Å². The highest BCUT2D eigenvalue weighted by Crippen LogP contribution is 2.35. The number of nitrogens with two attached hydrogens (primary N) is 1. The van der Waals surface area contributed by atoms with Gasteiger partial charge in [0.05, 0.1) is 0 Å². The van der Waals surface area contributed by atoms with Crippen LogP contribution in [0.2, 0.25) is 0 Å². The molecule has 1 aromatic heterocycles. The van der Waals surface area contributed by atoms with Gasteiger partial charge in [-0.2, -0.15) is 0 Å². The minimum absolute atomic E-state index is 0.321. The molecular weight excluding hydrogens is 254 g/mol. The monoisotopic (exact) mass is 279 g/mol. The van der Waals surface area contributed by atoms with E-state index in [1.54, 1.807) is 0 Å². The van der Waals surface area contributed by atoms with E-state index in [9.17, 15) is 0 Å². The van der Waals surface area contributed by atoms with E-state index >= 15 is 0 Å². The number of aryl methyl sites for hydroxylation is 1. The zero-order valence-corrected chi connectivity index (χ0v) is 12.9. The molecular formula is C15H25N3O2. The van der Waals surface area contributed by atoms with Crippen LogP contribution >= 0.6 is 0 Å². The number of nitrogen functional groups attached to an aromatic ring is 1. The summed E-state index contributed by atoms with van der Waals surface area (Å²) in [4.78, 5) is 9.25. The van der Waals surface area contributed by atoms with Gasteiger partial charge in [0.25, 0.3) is 0 Å². The van der Waals surface area contributed by atoms with Gasteiger partial charge in [0.2, 0.25) is 0 Å². The molecule has 0 amide bonds. The quantitative estimate of drug-likeness (QED) is 0.917. The van der Waals surface area contributed by atoms with Crippen molar-refractivity contribution in [1.29, 1.82) is 0 Å². The molecule has 0 aliphatic carbocycles. The van der Waals surface area contributed by atoms with Gasteiger partial charge in [-0.25, -0.2) is 9.97 Å². The van der Waals surface area contributed by atoms with Crippen molar-refractivity contribution in [3.8, 4) is 0 Å². The van der Waals surface area contributed by atoms with Crippen molar-refractivity contribution in [2.45, 2.75) is 52.1 Å². The smallest absolute Gasteiger partial charge is 0.163 e. The molecule has 1 fully saturated rings. The average Bonchev–Trinajstić information content (AvgIpc) is 2.38. The van der Waals surface area contributed by atoms with Gasteiger partial charge < -0.3 is 15.2 Å². The third kappa shape index (κ3) is 2.79. The Balaban J connectivity index is 2.44. The van der Waals surface area contributed by atoms with Gasteiger partial charge in [-0.1, -0.05) is 13.8 Å². The average molecular weight is 279 g/mol. The maximum atomic E-state index is 6.15. The highest BCUT2D eigenvalue weighted by Gasteiger charge is 2.38. The molecule has 5 nitrogen and oxygen atoms in total. The van der Waals surface area contributed by atoms with E-state index in [1.807, 2.05) is 13.8 Å². The summed E-state index contributed by atoms with van der Waals surface area (Å²) in [6.45, 7) is 10.2. The molecule has 0 spiro atoms. The van der Waals surface area contributed by atoms with E-state index in [1.165, 1.54) is 0 Å². The molecule has 0 saturated carbocycles. The summed E-state index contributed by atoms with van der Waals surface area (Å²) in [6, 6.07) is 0. The molecule has 0 bridgehead atoms. The van der Waals surface area contributed by atoms with Gasteiger partial charge >= 0.3 is 0 Å². The normalized spacial score (nSPS) is 18.4. The molecule has 1 aliphatic heterocycles. The van der Waals surface area contributed by atoms with Crippen LogP contribution in [0.25, 0.3) is 0 Å². The van der Waals surface area contributed by atoms with Gasteiger partial charge in [0.15, 0.2) is 5.82 Å². The predicted molar refractivity (Wildman–Crippen MR) is 78.6 cm³/mol. The number of rotatable bonds is 4. The van der Waals surface area contributed by atoms with Crippen molar-refractivity contribution in [2.24, 2.45) is 0 Å². The maximum Gasteiger partial charge on any atom is 0.163 e. The molecule has 0 radical (unpaired) electrons. The van der Waals surface area contributed by atoms with Crippen LogP contribution in [-0.4, -0.2) is 29.8 Å². The molecule has 1 aromatic rings. The summed E-state index contributed by atoms with van der Waals surface area (Å²) < 4.78 is 11.5. The van der Waals surface area contributed by atoms with Crippen molar-refractivity contribution < 1.29 is 9.47 Å². The zero-order valence-electron chi connectivity index (χ0n) is 12.9. The van der Waals surface area contributed by atoms with Crippen LogP contribution in [0, 0.1) is 6.92 Å². The van der Waals surface area contributed by atoms with Crippen LogP contribution < -0.4 is 5.73 Å². The Kier molecular flexibility index (Phi) is 4.60. The lowest BCUT2D eigenvalue weighted by atomic mass is 9.92. The molecule has 20 heavy (non-hydrogen) atoms. The number of hydrogen-bond acceptors (Lipinski definition) is 5. The first-order valence-corrected chi connectivity index (χ1v) is 7.36. The van der Waals surface area contributed by atoms with Crippen molar-refractivity contribution in [3.05, 3.63) is 17.1 Å². The Morgan fingerprint density at radius 1 is 1.30 bits per heavy atom. The Labute approximate surface area is 120 Å². The van der Waals surface area contributed by atoms with Crippen LogP contribution in [0.1, 0.15) is 56.6 Å². The fourth-order valence-electron chi connectivity index (χ4n) is 2.93. The fraction of sp³-hybridized carbons (Fsp3) is 0.733. The summed E-state index contributed by atoms with van der Waals surface area (Å²) in [5, 5.41) is 0. The number of nitrogens with zero attached hydrogens (tertiary/aromatic N) is 2. The van der Waals surface area contributed by atoms with E-state index in [4.69, 9.17) is 20.2 Å². The summed E-state index contributed by atoms with van der Waals surface area (Å²) in [5.41, 5.74) is 7.69. The van der Waals surface area contributed by atoms with Gasteiger partial charge in [-0.3, -0.25) is 0 Å². The molecule has 2 rings (SSSR count). The standard InChI is InChI=1S/C15H25N3O2/c1-5-20-15(6-8-19-9-7-15)14-17-11(4)12(10(2)3)13(16)18-14/h10H,5-9H2,1-4H3,(H2,16,17,18). The molecule has 5 heteroatoms. The Bertz CT molecular complexity index is 440. The highest BCUT2D eigenvalue weighted by molar-refractivity contribution is 5.44. The Hall–Kier alpha value is -1.20. The number of anilines is 1. The van der Waals surface area contributed by atoms with E-state index in [0.717, 1.165) is 24.1 Å². The molecule has 0 unspecified atom stereocenters. The summed E-state index contributed by atoms with van der Waals surface area (Å²) in [6.07, 6.45) is 1.56. The number of hydrogen-bond donors (Lipinski definition) is 1. The first kappa shape index (κ1) is 15.2. The molecule has 2 heterocycles. The van der Waals surface area contributed by atoms with Crippen LogP contribution in [0.15, 0.2) is 0 Å². The Morgan fingerprint density at radius 3 is 2.45 bits per heavy atom. The van der Waals surface area contributed by atoms with Gasteiger partial charge in [0, 0.05) is 43.9 Å². The summed E-state index contributed by atoms with van der Waals surface area (Å²) in [7, 11) is 0. The minimum atomic E-state index is -0.443. The lowest BCUT2D eigenvalue weighted by Gasteiger charge is -2.36. The first-order valence-electron chi connectivity index (χ1n) is 7.36. The minimum Gasteiger partial charge on any atom is -0.383 e. The van der Waals surface area contributed by atoms with E-state index in [-0.39, 0.29) is 0 Å². The molecule has 1 saturated heterocycles. The molecule has 1 aliphatic rings. The second kappa shape index (κ2) is 6.06. The van der Waals surface area contributed by atoms with Crippen LogP contribution in [0.4, 0.5) is 5.82 Å². The number of aromatic nitrogens is 2. The molecule has 0 aromatic carbocycles. The number of ether oxygens (including phenoxy) is 2. The molecule has 2 N–H and O–H groups in total. The van der Waals surface area contributed by atoms with Crippen LogP contribution in [-0.2, 0) is 15.1 Å². The fourth-order valence-corrected chi connectivity index (χ4v) is 2.93. The third-order valence-corrected chi connectivity index (χ3v) is 3.87. The molecule has 112 valence electrons. The zero-order chi connectivity index (χ0) is 14.8. The SMILES string of the molecule is CCOC1(c2nc(C)c(C(C)C)c(N)n2)CCOCC1. The summed E-state index contributed by atoms with van der Waals surface area (Å²) in [5.74, 6) is 1.61. The van der Waals surface area contributed by atoms with Gasteiger partial charge in [-0.05, 0) is 19.8 Å². The van der Waals surface area contributed by atoms with Crippen LogP contribution in [0.3, 0.4) is 0 Å². The second-order valence-corrected chi connectivity index (χ2v) is 5.63. The predicted octanol–water partition coefficient (Wildman–Crippen LogP) is 2.53. The van der Waals surface area contributed by atoms with Crippen molar-refractivity contribution in [1.82, 2.24) is 9.97 Å². The highest BCUT2D eigenvalue weighted by atomic mass is 16.5. The van der Waals surface area contributed by atoms with Crippen LogP contribution in [0.5, 0.6) is 0 Å². The largest absolute Gasteiger partial charge is 0.383 e. The van der Waals surface area contributed by atoms with Crippen molar-refractivity contribution >= 4 is 5.82 Å². The Morgan fingerprint density at radius 2 is 1.95 bits per heavy atom. The van der Waals surface area contributed by atoms with E-state index in [2.05, 4.69) is 18.8 Å². The van der Waals surface area contributed by atoms with Crippen molar-refractivity contribution in [2.75, 3.05) is 25.6 Å². The lowest BCUT2D eigenvalue weighted by Crippen LogP contribution is -2.38. The third-order valence-electron chi connectivity index (χ3n) is 3.87. The van der Waals surface area contributed by atoms with E-state index < -0.39 is 5.60 Å². The van der Waals surface area contributed by atoms with Gasteiger partial charge in [-0.15, -0.1) is 0 Å². The molecule has 0 atom stereocenters.